The largest absolute Gasteiger partial charge is 0.361 e. The predicted molar refractivity (Wildman–Crippen MR) is 40.8 cm³/mol. The van der Waals surface area contributed by atoms with E-state index >= 15 is 0 Å². The summed E-state index contributed by atoms with van der Waals surface area (Å²) in [6.45, 7) is 2.26. The maximum absolute atomic E-state index is 10.9. The van der Waals surface area contributed by atoms with E-state index in [9.17, 15) is 9.36 Å². The molecule has 7 heteroatoms. The Hall–Kier alpha value is -0.800. The molecule has 0 heterocycles. The van der Waals surface area contributed by atoms with Gasteiger partial charge in [-0.3, -0.25) is 9.36 Å². The molecular formula is C5H9N2O4P. The van der Waals surface area contributed by atoms with E-state index in [1.807, 2.05) is 0 Å². The molecule has 0 rings (SSSR count). The van der Waals surface area contributed by atoms with Gasteiger partial charge in [0.1, 0.15) is 5.66 Å². The fraction of sp³-hybridized carbons (Fsp3) is 0.600. The number of carbonyl (C=O) groups is 1. The van der Waals surface area contributed by atoms with Crippen LogP contribution in [0.25, 0.3) is 5.53 Å². The highest BCUT2D eigenvalue weighted by atomic mass is 31.2. The fourth-order valence-electron chi connectivity index (χ4n) is 0.504. The van der Waals surface area contributed by atoms with Crippen LogP contribution in [0.1, 0.15) is 13.8 Å². The number of carbonyl (C=O) groups excluding carboxylic acids is 1. The number of Topliss-reactive ketones (excluding diaryl/α,β-unsaturated/α-hetero) is 1. The lowest BCUT2D eigenvalue weighted by Gasteiger charge is -2.07. The molecule has 0 saturated heterocycles. The zero-order valence-corrected chi connectivity index (χ0v) is 7.52. The van der Waals surface area contributed by atoms with Crippen LogP contribution in [-0.2, 0) is 9.36 Å². The van der Waals surface area contributed by atoms with Crippen molar-refractivity contribution in [1.29, 1.82) is 0 Å². The lowest BCUT2D eigenvalue weighted by molar-refractivity contribution is -0.117. The molecule has 1 atom stereocenters. The van der Waals surface area contributed by atoms with E-state index in [-0.39, 0.29) is 5.71 Å². The zero-order chi connectivity index (χ0) is 9.94. The van der Waals surface area contributed by atoms with E-state index in [1.165, 1.54) is 6.92 Å². The van der Waals surface area contributed by atoms with Crippen LogP contribution in [0.15, 0.2) is 0 Å². The average Bonchev–Trinajstić information content (AvgIpc) is 1.98. The van der Waals surface area contributed by atoms with Crippen LogP contribution in [0.3, 0.4) is 0 Å². The van der Waals surface area contributed by atoms with Gasteiger partial charge in [-0.15, -0.1) is 0 Å². The Morgan fingerprint density at radius 1 is 1.58 bits per heavy atom. The van der Waals surface area contributed by atoms with Gasteiger partial charge in [0.05, 0.1) is 0 Å². The molecule has 0 aromatic rings. The molecule has 0 aliphatic rings. The summed E-state index contributed by atoms with van der Waals surface area (Å²) >= 11 is 0. The minimum Gasteiger partial charge on any atom is -0.361 e. The Morgan fingerprint density at radius 3 is 2.25 bits per heavy atom. The van der Waals surface area contributed by atoms with Crippen molar-refractivity contribution in [2.75, 3.05) is 0 Å². The van der Waals surface area contributed by atoms with Crippen LogP contribution in [0.4, 0.5) is 0 Å². The van der Waals surface area contributed by atoms with Crippen molar-refractivity contribution < 1.29 is 23.9 Å². The molecule has 0 aromatic heterocycles. The summed E-state index contributed by atoms with van der Waals surface area (Å²) in [6.07, 6.45) is 0. The van der Waals surface area contributed by atoms with Crippen LogP contribution < -0.4 is 0 Å². The lowest BCUT2D eigenvalue weighted by Crippen LogP contribution is -2.24. The Balaban J connectivity index is 4.76. The van der Waals surface area contributed by atoms with Gasteiger partial charge in [-0.25, -0.2) is 0 Å². The Morgan fingerprint density at radius 2 is 2.00 bits per heavy atom. The molecule has 0 fully saturated rings. The minimum absolute atomic E-state index is 0.314. The molecule has 0 bridgehead atoms. The predicted octanol–water partition coefficient (Wildman–Crippen LogP) is -0.188. The number of rotatable bonds is 3. The molecule has 0 aliphatic carbocycles. The van der Waals surface area contributed by atoms with Crippen LogP contribution >= 0.6 is 7.60 Å². The van der Waals surface area contributed by atoms with Crippen molar-refractivity contribution in [1.82, 2.24) is 0 Å². The molecule has 1 unspecified atom stereocenters. The Bertz CT molecular complexity index is 288. The van der Waals surface area contributed by atoms with Gasteiger partial charge in [0.15, 0.2) is 0 Å². The lowest BCUT2D eigenvalue weighted by atomic mass is 10.2. The molecule has 0 amide bonds. The van der Waals surface area contributed by atoms with E-state index in [1.54, 1.807) is 0 Å². The molecule has 6 nitrogen and oxygen atoms in total. The van der Waals surface area contributed by atoms with E-state index in [0.717, 1.165) is 6.92 Å². The molecule has 0 aliphatic heterocycles. The number of nitrogens with zero attached hydrogens (tertiary/aromatic N) is 2. The average molecular weight is 192 g/mol. The van der Waals surface area contributed by atoms with Crippen molar-refractivity contribution in [2.45, 2.75) is 19.5 Å². The normalized spacial score (nSPS) is 13.3. The first kappa shape index (κ1) is 11.2. The second-order valence-electron chi connectivity index (χ2n) is 2.31. The highest BCUT2D eigenvalue weighted by Crippen LogP contribution is 2.41. The summed E-state index contributed by atoms with van der Waals surface area (Å²) in [5.74, 6) is -0.856. The SMILES string of the molecule is CC(=[N+]=[N-])C(=O)C(C)P(=O)(O)O. The van der Waals surface area contributed by atoms with Crippen LogP contribution in [0, 0.1) is 0 Å². The summed E-state index contributed by atoms with van der Waals surface area (Å²) in [5.41, 5.74) is 6.37. The first-order chi connectivity index (χ1) is 5.30. The van der Waals surface area contributed by atoms with Crippen molar-refractivity contribution >= 4 is 19.1 Å². The third kappa shape index (κ3) is 2.68. The summed E-state index contributed by atoms with van der Waals surface area (Å²) in [7, 11) is -4.42. The number of ketones is 1. The van der Waals surface area contributed by atoms with E-state index in [4.69, 9.17) is 15.3 Å². The van der Waals surface area contributed by atoms with Crippen LogP contribution in [0.5, 0.6) is 0 Å². The van der Waals surface area contributed by atoms with Gasteiger partial charge in [-0.1, -0.05) is 0 Å². The highest BCUT2D eigenvalue weighted by Gasteiger charge is 2.35. The molecule has 12 heavy (non-hydrogen) atoms. The molecule has 0 saturated carbocycles. The smallest absolute Gasteiger partial charge is 0.336 e. The van der Waals surface area contributed by atoms with Crippen molar-refractivity contribution in [2.24, 2.45) is 0 Å². The highest BCUT2D eigenvalue weighted by molar-refractivity contribution is 7.54. The monoisotopic (exact) mass is 192 g/mol. The maximum atomic E-state index is 10.9. The first-order valence-electron chi connectivity index (χ1n) is 3.08. The summed E-state index contributed by atoms with van der Waals surface area (Å²) < 4.78 is 10.5. The van der Waals surface area contributed by atoms with Crippen LogP contribution in [0.2, 0.25) is 0 Å². The van der Waals surface area contributed by atoms with Crippen molar-refractivity contribution in [3.8, 4) is 0 Å². The molecule has 68 valence electrons. The zero-order valence-electron chi connectivity index (χ0n) is 6.63. The van der Waals surface area contributed by atoms with Gasteiger partial charge in [0.25, 0.3) is 5.78 Å². The maximum Gasteiger partial charge on any atom is 0.336 e. The topological polar surface area (TPSA) is 111 Å². The molecule has 0 aromatic carbocycles. The quantitative estimate of drug-likeness (QED) is 0.279. The third-order valence-corrected chi connectivity index (χ3v) is 2.63. The van der Waals surface area contributed by atoms with Gasteiger partial charge in [0, 0.05) is 6.92 Å². The van der Waals surface area contributed by atoms with Crippen molar-refractivity contribution in [3.63, 3.8) is 0 Å². The second-order valence-corrected chi connectivity index (χ2v) is 4.27. The fourth-order valence-corrected chi connectivity index (χ4v) is 0.997. The Kier molecular flexibility index (Phi) is 3.49. The number of hydrogen-bond acceptors (Lipinski definition) is 2. The first-order valence-corrected chi connectivity index (χ1v) is 4.77. The van der Waals surface area contributed by atoms with Crippen molar-refractivity contribution in [3.05, 3.63) is 5.53 Å². The molecule has 0 radical (unpaired) electrons. The van der Waals surface area contributed by atoms with E-state index in [2.05, 4.69) is 4.79 Å². The Labute approximate surface area is 69.0 Å². The van der Waals surface area contributed by atoms with Gasteiger partial charge in [-0.2, -0.15) is 4.79 Å². The molecular weight excluding hydrogens is 183 g/mol. The molecule has 0 spiro atoms. The van der Waals surface area contributed by atoms with Crippen LogP contribution in [-0.4, -0.2) is 31.7 Å². The summed E-state index contributed by atoms with van der Waals surface area (Å²) in [5, 5.41) is 0. The standard InChI is InChI=1S/C5H9N2O4P/c1-3(7-6)5(8)4(2)12(9,10)11/h4H,1-2H3,(H2,9,10,11). The van der Waals surface area contributed by atoms with E-state index in [0.29, 0.717) is 0 Å². The minimum atomic E-state index is -4.42. The van der Waals surface area contributed by atoms with E-state index < -0.39 is 19.0 Å². The van der Waals surface area contributed by atoms with Gasteiger partial charge in [-0.05, 0) is 6.92 Å². The van der Waals surface area contributed by atoms with Gasteiger partial charge in [0.2, 0.25) is 0 Å². The van der Waals surface area contributed by atoms with Gasteiger partial charge >= 0.3 is 13.3 Å². The summed E-state index contributed by atoms with van der Waals surface area (Å²) in [4.78, 5) is 30.6. The second kappa shape index (κ2) is 3.74. The number of hydrogen-bond donors (Lipinski definition) is 2. The molecule has 2 N–H and O–H groups in total. The third-order valence-electron chi connectivity index (χ3n) is 1.39. The summed E-state index contributed by atoms with van der Waals surface area (Å²) in [6, 6.07) is 0. The van der Waals surface area contributed by atoms with Gasteiger partial charge < -0.3 is 15.3 Å².